The molecule has 5 nitrogen and oxygen atoms in total. The number of carbonyl (C=O) groups excluding carboxylic acids is 2. The zero-order chi connectivity index (χ0) is 19.3. The van der Waals surface area contributed by atoms with Crippen molar-refractivity contribution in [3.05, 3.63) is 54.1 Å². The van der Waals surface area contributed by atoms with Crippen LogP contribution in [0.3, 0.4) is 0 Å². The Bertz CT molecular complexity index is 810. The first-order valence-corrected chi connectivity index (χ1v) is 10.6. The fraction of sp³-hybridized carbons (Fsp3) is 0.522. The van der Waals surface area contributed by atoms with Gasteiger partial charge in [0.1, 0.15) is 5.82 Å². The van der Waals surface area contributed by atoms with E-state index in [1.807, 2.05) is 41.4 Å². The number of likely N-dealkylation sites (tertiary alicyclic amines) is 1. The maximum atomic E-state index is 12.7. The highest BCUT2D eigenvalue weighted by molar-refractivity contribution is 5.97. The molecule has 148 valence electrons. The van der Waals surface area contributed by atoms with E-state index in [-0.39, 0.29) is 24.5 Å². The van der Waals surface area contributed by atoms with Gasteiger partial charge in [0.2, 0.25) is 5.91 Å². The van der Waals surface area contributed by atoms with Crippen molar-refractivity contribution in [3.63, 3.8) is 0 Å². The highest BCUT2D eigenvalue weighted by atomic mass is 16.2. The van der Waals surface area contributed by atoms with Crippen LogP contribution in [0.25, 0.3) is 0 Å². The monoisotopic (exact) mass is 379 g/mol. The number of amides is 1. The summed E-state index contributed by atoms with van der Waals surface area (Å²) in [4.78, 5) is 31.6. The molecule has 1 aliphatic carbocycles. The SMILES string of the molecule is O=C(CCC(=O)N1CCC[C@H](c2nccn2CC2CCC2)C1)c1ccccc1. The lowest BCUT2D eigenvalue weighted by Crippen LogP contribution is -2.40. The number of benzene rings is 1. The van der Waals surface area contributed by atoms with Gasteiger partial charge in [-0.25, -0.2) is 4.98 Å². The number of Topliss-reactive ketones (excluding diaryl/α,β-unsaturated/α-hetero) is 1. The van der Waals surface area contributed by atoms with Crippen LogP contribution < -0.4 is 0 Å². The molecule has 1 aromatic carbocycles. The molecule has 28 heavy (non-hydrogen) atoms. The van der Waals surface area contributed by atoms with Crippen LogP contribution in [0.1, 0.15) is 67.0 Å². The van der Waals surface area contributed by atoms with Crippen LogP contribution in [0.4, 0.5) is 0 Å². The van der Waals surface area contributed by atoms with Crippen molar-refractivity contribution in [1.82, 2.24) is 14.5 Å². The maximum Gasteiger partial charge on any atom is 0.223 e. The number of aromatic nitrogens is 2. The van der Waals surface area contributed by atoms with Crippen molar-refractivity contribution in [3.8, 4) is 0 Å². The molecule has 1 aliphatic heterocycles. The summed E-state index contributed by atoms with van der Waals surface area (Å²) in [5, 5.41) is 0. The number of ketones is 1. The Kier molecular flexibility index (Phi) is 5.89. The number of nitrogens with zero attached hydrogens (tertiary/aromatic N) is 3. The quantitative estimate of drug-likeness (QED) is 0.682. The highest BCUT2D eigenvalue weighted by Crippen LogP contribution is 2.31. The van der Waals surface area contributed by atoms with Gasteiger partial charge < -0.3 is 9.47 Å². The summed E-state index contributed by atoms with van der Waals surface area (Å²) in [5.74, 6) is 2.35. The molecule has 0 radical (unpaired) electrons. The van der Waals surface area contributed by atoms with Crippen molar-refractivity contribution in [2.24, 2.45) is 5.92 Å². The first-order valence-electron chi connectivity index (χ1n) is 10.6. The molecule has 0 N–H and O–H groups in total. The van der Waals surface area contributed by atoms with Crippen LogP contribution >= 0.6 is 0 Å². The van der Waals surface area contributed by atoms with E-state index in [2.05, 4.69) is 15.7 Å². The molecule has 2 aliphatic rings. The number of carbonyl (C=O) groups is 2. The minimum Gasteiger partial charge on any atom is -0.342 e. The minimum absolute atomic E-state index is 0.0403. The Hall–Kier alpha value is -2.43. The summed E-state index contributed by atoms with van der Waals surface area (Å²) in [5.41, 5.74) is 0.685. The topological polar surface area (TPSA) is 55.2 Å². The maximum absolute atomic E-state index is 12.7. The fourth-order valence-corrected chi connectivity index (χ4v) is 4.35. The van der Waals surface area contributed by atoms with Crippen LogP contribution in [0.2, 0.25) is 0 Å². The second-order valence-corrected chi connectivity index (χ2v) is 8.20. The first kappa shape index (κ1) is 18.9. The van der Waals surface area contributed by atoms with Crippen LogP contribution in [-0.4, -0.2) is 39.2 Å². The molecule has 1 saturated heterocycles. The minimum atomic E-state index is 0.0403. The van der Waals surface area contributed by atoms with E-state index < -0.39 is 0 Å². The van der Waals surface area contributed by atoms with Gasteiger partial charge in [0.05, 0.1) is 0 Å². The summed E-state index contributed by atoms with van der Waals surface area (Å²) in [6.45, 7) is 2.57. The lowest BCUT2D eigenvalue weighted by molar-refractivity contribution is -0.132. The highest BCUT2D eigenvalue weighted by Gasteiger charge is 2.28. The van der Waals surface area contributed by atoms with Crippen LogP contribution in [-0.2, 0) is 11.3 Å². The van der Waals surface area contributed by atoms with Crippen LogP contribution in [0, 0.1) is 5.92 Å². The molecule has 0 unspecified atom stereocenters. The lowest BCUT2D eigenvalue weighted by atomic mass is 9.85. The first-order chi connectivity index (χ1) is 13.7. The zero-order valence-electron chi connectivity index (χ0n) is 16.4. The van der Waals surface area contributed by atoms with Gasteiger partial charge in [0.15, 0.2) is 5.78 Å². The van der Waals surface area contributed by atoms with E-state index >= 15 is 0 Å². The van der Waals surface area contributed by atoms with Crippen molar-refractivity contribution in [1.29, 1.82) is 0 Å². The fourth-order valence-electron chi connectivity index (χ4n) is 4.35. The Morgan fingerprint density at radius 1 is 1.04 bits per heavy atom. The predicted molar refractivity (Wildman–Crippen MR) is 108 cm³/mol. The summed E-state index contributed by atoms with van der Waals surface area (Å²) < 4.78 is 2.31. The molecule has 2 fully saturated rings. The third-order valence-corrected chi connectivity index (χ3v) is 6.23. The third-order valence-electron chi connectivity index (χ3n) is 6.23. The molecule has 5 heteroatoms. The van der Waals surface area contributed by atoms with E-state index in [0.717, 1.165) is 44.2 Å². The van der Waals surface area contributed by atoms with Gasteiger partial charge >= 0.3 is 0 Å². The van der Waals surface area contributed by atoms with Gasteiger partial charge in [-0.2, -0.15) is 0 Å². The zero-order valence-corrected chi connectivity index (χ0v) is 16.4. The molecule has 1 amide bonds. The molecule has 2 heterocycles. The smallest absolute Gasteiger partial charge is 0.223 e. The molecular formula is C23H29N3O2. The number of imidazole rings is 1. The lowest BCUT2D eigenvalue weighted by Gasteiger charge is -2.33. The number of rotatable bonds is 7. The normalized spacial score (nSPS) is 20.0. The number of hydrogen-bond acceptors (Lipinski definition) is 3. The molecule has 0 bridgehead atoms. The van der Waals surface area contributed by atoms with Crippen molar-refractivity contribution < 1.29 is 9.59 Å². The second-order valence-electron chi connectivity index (χ2n) is 8.20. The predicted octanol–water partition coefficient (Wildman–Crippen LogP) is 4.05. The average Bonchev–Trinajstić information content (AvgIpc) is 3.18. The Morgan fingerprint density at radius 2 is 1.86 bits per heavy atom. The van der Waals surface area contributed by atoms with Crippen molar-refractivity contribution >= 4 is 11.7 Å². The largest absolute Gasteiger partial charge is 0.342 e. The molecule has 1 aromatic heterocycles. The molecule has 1 atom stereocenters. The van der Waals surface area contributed by atoms with Crippen molar-refractivity contribution in [2.45, 2.75) is 57.4 Å². The van der Waals surface area contributed by atoms with Gasteiger partial charge in [-0.1, -0.05) is 36.8 Å². The van der Waals surface area contributed by atoms with Gasteiger partial charge in [-0.15, -0.1) is 0 Å². The second kappa shape index (κ2) is 8.72. The van der Waals surface area contributed by atoms with E-state index in [1.165, 1.54) is 19.3 Å². The summed E-state index contributed by atoms with van der Waals surface area (Å²) in [6.07, 6.45) is 10.6. The summed E-state index contributed by atoms with van der Waals surface area (Å²) >= 11 is 0. The van der Waals surface area contributed by atoms with E-state index in [0.29, 0.717) is 11.5 Å². The third kappa shape index (κ3) is 4.34. The molecule has 0 spiro atoms. The van der Waals surface area contributed by atoms with Gasteiger partial charge in [0.25, 0.3) is 0 Å². The summed E-state index contributed by atoms with van der Waals surface area (Å²) in [6, 6.07) is 9.23. The van der Waals surface area contributed by atoms with Gasteiger partial charge in [0, 0.05) is 56.4 Å². The van der Waals surface area contributed by atoms with Crippen LogP contribution in [0.5, 0.6) is 0 Å². The van der Waals surface area contributed by atoms with E-state index in [1.54, 1.807) is 0 Å². The molecule has 2 aromatic rings. The van der Waals surface area contributed by atoms with Gasteiger partial charge in [-0.05, 0) is 31.6 Å². The average molecular weight is 380 g/mol. The number of piperidine rings is 1. The van der Waals surface area contributed by atoms with Crippen LogP contribution in [0.15, 0.2) is 42.7 Å². The number of hydrogen-bond donors (Lipinski definition) is 0. The van der Waals surface area contributed by atoms with E-state index in [9.17, 15) is 9.59 Å². The Morgan fingerprint density at radius 3 is 2.61 bits per heavy atom. The molecular weight excluding hydrogens is 350 g/mol. The standard InChI is InChI=1S/C23H29N3O2/c27-21(19-8-2-1-3-9-19)11-12-22(28)25-14-5-10-20(17-25)23-24-13-15-26(23)16-18-6-4-7-18/h1-3,8-9,13,15,18,20H,4-7,10-12,14,16-17H2/t20-/m0/s1. The van der Waals surface area contributed by atoms with Crippen molar-refractivity contribution in [2.75, 3.05) is 13.1 Å². The Labute approximate surface area is 166 Å². The molecule has 4 rings (SSSR count). The van der Waals surface area contributed by atoms with E-state index in [4.69, 9.17) is 0 Å². The molecule has 1 saturated carbocycles. The summed E-state index contributed by atoms with van der Waals surface area (Å²) in [7, 11) is 0. The Balaban J connectivity index is 1.33. The van der Waals surface area contributed by atoms with Gasteiger partial charge in [-0.3, -0.25) is 9.59 Å².